The van der Waals surface area contributed by atoms with Crippen LogP contribution in [0.2, 0.25) is 5.02 Å². The maximum absolute atomic E-state index is 12.3. The molecule has 0 bridgehead atoms. The minimum absolute atomic E-state index is 0.0646. The molecule has 0 fully saturated rings. The van der Waals surface area contributed by atoms with Crippen LogP contribution in [-0.4, -0.2) is 26.2 Å². The van der Waals surface area contributed by atoms with Crippen LogP contribution in [0.3, 0.4) is 0 Å². The summed E-state index contributed by atoms with van der Waals surface area (Å²) in [5.41, 5.74) is 1.71. The van der Waals surface area contributed by atoms with Crippen molar-refractivity contribution in [2.24, 2.45) is 0 Å². The Kier molecular flexibility index (Phi) is 5.24. The third kappa shape index (κ3) is 3.46. The minimum atomic E-state index is -0.652. The SMILES string of the molecule is COC(=O)C1=C(C(=O)OC)N(c2cc(Cl)ccc2C)C=CC=C1. The Morgan fingerprint density at radius 2 is 1.78 bits per heavy atom. The normalized spacial score (nSPS) is 13.8. The van der Waals surface area contributed by atoms with Gasteiger partial charge in [0.2, 0.25) is 0 Å². The maximum atomic E-state index is 12.3. The van der Waals surface area contributed by atoms with Crippen molar-refractivity contribution in [2.75, 3.05) is 19.1 Å². The van der Waals surface area contributed by atoms with Crippen LogP contribution in [0.25, 0.3) is 0 Å². The predicted molar refractivity (Wildman–Crippen MR) is 88.0 cm³/mol. The van der Waals surface area contributed by atoms with Gasteiger partial charge in [0.05, 0.1) is 25.5 Å². The number of allylic oxidation sites excluding steroid dienone is 2. The van der Waals surface area contributed by atoms with E-state index < -0.39 is 11.9 Å². The zero-order chi connectivity index (χ0) is 17.0. The lowest BCUT2D eigenvalue weighted by Gasteiger charge is -2.24. The van der Waals surface area contributed by atoms with Gasteiger partial charge in [-0.2, -0.15) is 0 Å². The summed E-state index contributed by atoms with van der Waals surface area (Å²) in [7, 11) is 2.51. The largest absolute Gasteiger partial charge is 0.465 e. The van der Waals surface area contributed by atoms with Crippen molar-refractivity contribution in [3.8, 4) is 0 Å². The van der Waals surface area contributed by atoms with Crippen LogP contribution < -0.4 is 4.90 Å². The second-order valence-electron chi connectivity index (χ2n) is 4.75. The first-order valence-corrected chi connectivity index (χ1v) is 7.18. The van der Waals surface area contributed by atoms with Crippen molar-refractivity contribution >= 4 is 29.2 Å². The highest BCUT2D eigenvalue weighted by Crippen LogP contribution is 2.31. The summed E-state index contributed by atoms with van der Waals surface area (Å²) in [6.07, 6.45) is 6.53. The number of hydrogen-bond acceptors (Lipinski definition) is 5. The molecule has 0 atom stereocenters. The van der Waals surface area contributed by atoms with Gasteiger partial charge in [0, 0.05) is 11.2 Å². The molecule has 0 aliphatic carbocycles. The molecule has 1 aromatic carbocycles. The van der Waals surface area contributed by atoms with Gasteiger partial charge >= 0.3 is 11.9 Å². The van der Waals surface area contributed by atoms with E-state index in [1.807, 2.05) is 13.0 Å². The second-order valence-corrected chi connectivity index (χ2v) is 5.18. The molecule has 5 nitrogen and oxygen atoms in total. The lowest BCUT2D eigenvalue weighted by molar-refractivity contribution is -0.139. The number of nitrogens with zero attached hydrogens (tertiary/aromatic N) is 1. The molecule has 23 heavy (non-hydrogen) atoms. The van der Waals surface area contributed by atoms with Crippen molar-refractivity contribution < 1.29 is 19.1 Å². The molecule has 0 saturated carbocycles. The Bertz CT molecular complexity index is 734. The number of rotatable bonds is 3. The molecule has 0 saturated heterocycles. The number of carbonyl (C=O) groups excluding carboxylic acids is 2. The summed E-state index contributed by atoms with van der Waals surface area (Å²) >= 11 is 6.07. The Morgan fingerprint density at radius 3 is 2.43 bits per heavy atom. The average Bonchev–Trinajstić information content (AvgIpc) is 2.78. The van der Waals surface area contributed by atoms with Crippen LogP contribution in [0.5, 0.6) is 0 Å². The van der Waals surface area contributed by atoms with E-state index in [0.717, 1.165) is 5.56 Å². The summed E-state index contributed by atoms with van der Waals surface area (Å²) in [5, 5.41) is 0.514. The van der Waals surface area contributed by atoms with Gasteiger partial charge in [0.1, 0.15) is 5.70 Å². The van der Waals surface area contributed by atoms with Gasteiger partial charge in [-0.05, 0) is 36.8 Å². The average molecular weight is 334 g/mol. The van der Waals surface area contributed by atoms with E-state index in [2.05, 4.69) is 0 Å². The van der Waals surface area contributed by atoms with E-state index in [9.17, 15) is 9.59 Å². The van der Waals surface area contributed by atoms with E-state index in [1.54, 1.807) is 35.4 Å². The molecular weight excluding hydrogens is 318 g/mol. The standard InChI is InChI=1S/C17H16ClNO4/c1-11-7-8-12(18)10-14(11)19-9-5-4-6-13(16(20)22-2)15(19)17(21)23-3/h4-10H,1-3H3. The van der Waals surface area contributed by atoms with Gasteiger partial charge < -0.3 is 14.4 Å². The molecule has 1 aromatic rings. The summed E-state index contributed by atoms with van der Waals surface area (Å²) in [6, 6.07) is 5.30. The Hall–Kier alpha value is -2.53. The van der Waals surface area contributed by atoms with Crippen LogP contribution >= 0.6 is 11.6 Å². The van der Waals surface area contributed by atoms with Crippen molar-refractivity contribution in [1.29, 1.82) is 0 Å². The van der Waals surface area contributed by atoms with Gasteiger partial charge in [0.25, 0.3) is 0 Å². The van der Waals surface area contributed by atoms with E-state index >= 15 is 0 Å². The third-order valence-electron chi connectivity index (χ3n) is 3.32. The van der Waals surface area contributed by atoms with Crippen LogP contribution in [0.4, 0.5) is 5.69 Å². The molecule has 6 heteroatoms. The molecule has 0 N–H and O–H groups in total. The van der Waals surface area contributed by atoms with Gasteiger partial charge in [0.15, 0.2) is 0 Å². The van der Waals surface area contributed by atoms with Crippen molar-refractivity contribution in [3.05, 3.63) is 64.5 Å². The summed E-state index contributed by atoms with van der Waals surface area (Å²) < 4.78 is 9.62. The molecule has 120 valence electrons. The highest BCUT2D eigenvalue weighted by Gasteiger charge is 2.28. The number of carbonyl (C=O) groups is 2. The van der Waals surface area contributed by atoms with E-state index in [1.165, 1.54) is 20.3 Å². The molecule has 0 unspecified atom stereocenters. The third-order valence-corrected chi connectivity index (χ3v) is 3.56. The first-order chi connectivity index (χ1) is 11.0. The number of benzene rings is 1. The Labute approximate surface area is 139 Å². The quantitative estimate of drug-likeness (QED) is 0.795. The van der Waals surface area contributed by atoms with Gasteiger partial charge in [-0.15, -0.1) is 0 Å². The first kappa shape index (κ1) is 16.8. The topological polar surface area (TPSA) is 55.8 Å². The Balaban J connectivity index is 2.71. The summed E-state index contributed by atoms with van der Waals surface area (Å²) in [6.45, 7) is 1.88. The maximum Gasteiger partial charge on any atom is 0.355 e. The second kappa shape index (κ2) is 7.15. The van der Waals surface area contributed by atoms with E-state index in [-0.39, 0.29) is 11.3 Å². The molecule has 0 amide bonds. The van der Waals surface area contributed by atoms with Crippen molar-refractivity contribution in [2.45, 2.75) is 6.92 Å². The fraction of sp³-hybridized carbons (Fsp3) is 0.176. The molecule has 1 aliphatic heterocycles. The molecule has 2 rings (SSSR count). The minimum Gasteiger partial charge on any atom is -0.465 e. The van der Waals surface area contributed by atoms with E-state index in [0.29, 0.717) is 10.7 Å². The van der Waals surface area contributed by atoms with E-state index in [4.69, 9.17) is 21.1 Å². The van der Waals surface area contributed by atoms with Crippen LogP contribution in [-0.2, 0) is 19.1 Å². The molecule has 0 radical (unpaired) electrons. The number of ether oxygens (including phenoxy) is 2. The molecule has 1 aliphatic rings. The zero-order valence-corrected chi connectivity index (χ0v) is 13.8. The van der Waals surface area contributed by atoms with Crippen LogP contribution in [0.15, 0.2) is 53.9 Å². The lowest BCUT2D eigenvalue weighted by atomic mass is 10.1. The van der Waals surface area contributed by atoms with Crippen molar-refractivity contribution in [1.82, 2.24) is 0 Å². The number of methoxy groups -OCH3 is 2. The lowest BCUT2D eigenvalue weighted by Crippen LogP contribution is -2.27. The molecule has 0 aromatic heterocycles. The predicted octanol–water partition coefficient (Wildman–Crippen LogP) is 3.14. The monoisotopic (exact) mass is 333 g/mol. The Morgan fingerprint density at radius 1 is 1.09 bits per heavy atom. The first-order valence-electron chi connectivity index (χ1n) is 6.80. The highest BCUT2D eigenvalue weighted by atomic mass is 35.5. The van der Waals surface area contributed by atoms with Crippen LogP contribution in [0, 0.1) is 6.92 Å². The number of anilines is 1. The van der Waals surface area contributed by atoms with Gasteiger partial charge in [-0.3, -0.25) is 0 Å². The molecular formula is C17H16ClNO4. The number of halogens is 1. The highest BCUT2D eigenvalue weighted by molar-refractivity contribution is 6.31. The van der Waals surface area contributed by atoms with Gasteiger partial charge in [-0.1, -0.05) is 23.7 Å². The molecule has 0 spiro atoms. The molecule has 1 heterocycles. The fourth-order valence-corrected chi connectivity index (χ4v) is 2.36. The smallest absolute Gasteiger partial charge is 0.355 e. The van der Waals surface area contributed by atoms with Crippen LogP contribution in [0.1, 0.15) is 5.56 Å². The number of hydrogen-bond donors (Lipinski definition) is 0. The zero-order valence-electron chi connectivity index (χ0n) is 13.0. The summed E-state index contributed by atoms with van der Waals surface area (Å²) in [4.78, 5) is 25.9. The van der Waals surface area contributed by atoms with Gasteiger partial charge in [-0.25, -0.2) is 9.59 Å². The number of aryl methyl sites for hydroxylation is 1. The fourth-order valence-electron chi connectivity index (χ4n) is 2.19. The van der Waals surface area contributed by atoms with Crippen molar-refractivity contribution in [3.63, 3.8) is 0 Å². The summed E-state index contributed by atoms with van der Waals surface area (Å²) in [5.74, 6) is -1.28. The number of esters is 2.